The van der Waals surface area contributed by atoms with Crippen molar-refractivity contribution in [1.82, 2.24) is 9.55 Å². The summed E-state index contributed by atoms with van der Waals surface area (Å²) in [5.74, 6) is 0.441. The zero-order valence-corrected chi connectivity index (χ0v) is 9.51. The molecule has 0 radical (unpaired) electrons. The van der Waals surface area contributed by atoms with Crippen molar-refractivity contribution in [2.24, 2.45) is 7.05 Å². The summed E-state index contributed by atoms with van der Waals surface area (Å²) in [6, 6.07) is 8.31. The summed E-state index contributed by atoms with van der Waals surface area (Å²) in [6.45, 7) is 2.05. The number of nitrogens with zero attached hydrogens (tertiary/aromatic N) is 3. The average molecular weight is 217 g/mol. The Morgan fingerprint density at radius 3 is 3.07 bits per heavy atom. The van der Waals surface area contributed by atoms with E-state index in [0.717, 1.165) is 16.2 Å². The lowest BCUT2D eigenvalue weighted by Crippen LogP contribution is -1.90. The summed E-state index contributed by atoms with van der Waals surface area (Å²) >= 11 is 1.47. The van der Waals surface area contributed by atoms with Crippen molar-refractivity contribution >= 4 is 22.8 Å². The molecule has 0 amide bonds. The fraction of sp³-hybridized carbons (Fsp3) is 0.273. The van der Waals surface area contributed by atoms with Crippen LogP contribution < -0.4 is 0 Å². The summed E-state index contributed by atoms with van der Waals surface area (Å²) in [7, 11) is 1.98. The van der Waals surface area contributed by atoms with E-state index in [0.29, 0.717) is 5.75 Å². The molecule has 0 aliphatic heterocycles. The summed E-state index contributed by atoms with van der Waals surface area (Å²) in [5, 5.41) is 9.43. The van der Waals surface area contributed by atoms with Crippen molar-refractivity contribution < 1.29 is 0 Å². The Bertz CT molecular complexity index is 536. The number of thioether (sulfide) groups is 1. The molecule has 0 atom stereocenters. The molecule has 4 heteroatoms. The van der Waals surface area contributed by atoms with Crippen molar-refractivity contribution in [3.63, 3.8) is 0 Å². The van der Waals surface area contributed by atoms with E-state index >= 15 is 0 Å². The molecule has 2 rings (SSSR count). The molecule has 1 aromatic heterocycles. The monoisotopic (exact) mass is 217 g/mol. The van der Waals surface area contributed by atoms with Crippen LogP contribution >= 0.6 is 11.8 Å². The topological polar surface area (TPSA) is 41.6 Å². The quantitative estimate of drug-likeness (QED) is 0.726. The van der Waals surface area contributed by atoms with Crippen LogP contribution in [0.1, 0.15) is 5.56 Å². The van der Waals surface area contributed by atoms with Crippen molar-refractivity contribution in [2.75, 3.05) is 5.75 Å². The second kappa shape index (κ2) is 3.95. The van der Waals surface area contributed by atoms with E-state index in [1.54, 1.807) is 0 Å². The number of hydrogen-bond acceptors (Lipinski definition) is 3. The van der Waals surface area contributed by atoms with Crippen LogP contribution in [-0.4, -0.2) is 15.3 Å². The highest BCUT2D eigenvalue weighted by Crippen LogP contribution is 2.22. The molecule has 0 saturated carbocycles. The lowest BCUT2D eigenvalue weighted by atomic mass is 10.2. The molecule has 0 saturated heterocycles. The number of aromatic nitrogens is 2. The molecule has 0 aliphatic rings. The minimum absolute atomic E-state index is 0.441. The molecule has 0 bridgehead atoms. The fourth-order valence-corrected chi connectivity index (χ4v) is 2.16. The molecule has 0 fully saturated rings. The Morgan fingerprint density at radius 2 is 2.33 bits per heavy atom. The first-order valence-corrected chi connectivity index (χ1v) is 5.64. The van der Waals surface area contributed by atoms with Crippen LogP contribution in [0.4, 0.5) is 0 Å². The largest absolute Gasteiger partial charge is 0.322 e. The van der Waals surface area contributed by atoms with Crippen LogP contribution in [0.5, 0.6) is 0 Å². The third kappa shape index (κ3) is 1.83. The molecule has 0 unspecified atom stereocenters. The molecule has 15 heavy (non-hydrogen) atoms. The van der Waals surface area contributed by atoms with Gasteiger partial charge in [0.25, 0.3) is 0 Å². The number of rotatable bonds is 2. The van der Waals surface area contributed by atoms with E-state index in [1.165, 1.54) is 17.3 Å². The molecular formula is C11H11N3S. The third-order valence-corrected chi connectivity index (χ3v) is 3.16. The predicted molar refractivity (Wildman–Crippen MR) is 61.8 cm³/mol. The zero-order chi connectivity index (χ0) is 10.8. The van der Waals surface area contributed by atoms with Crippen molar-refractivity contribution in [3.05, 3.63) is 23.8 Å². The van der Waals surface area contributed by atoms with Crippen LogP contribution in [-0.2, 0) is 7.05 Å². The molecule has 0 aliphatic carbocycles. The van der Waals surface area contributed by atoms with Crippen LogP contribution in [0.3, 0.4) is 0 Å². The van der Waals surface area contributed by atoms with E-state index < -0.39 is 0 Å². The Balaban J connectivity index is 2.50. The normalized spacial score (nSPS) is 10.5. The highest BCUT2D eigenvalue weighted by molar-refractivity contribution is 7.99. The highest BCUT2D eigenvalue weighted by atomic mass is 32.2. The maximum Gasteiger partial charge on any atom is 0.169 e. The summed E-state index contributed by atoms with van der Waals surface area (Å²) in [4.78, 5) is 4.49. The van der Waals surface area contributed by atoms with Gasteiger partial charge in [0, 0.05) is 7.05 Å². The van der Waals surface area contributed by atoms with Crippen molar-refractivity contribution in [2.45, 2.75) is 12.1 Å². The van der Waals surface area contributed by atoms with Gasteiger partial charge in [0.1, 0.15) is 0 Å². The van der Waals surface area contributed by atoms with Gasteiger partial charge >= 0.3 is 0 Å². The molecule has 0 spiro atoms. The van der Waals surface area contributed by atoms with Gasteiger partial charge in [0.2, 0.25) is 0 Å². The Labute approximate surface area is 92.7 Å². The van der Waals surface area contributed by atoms with E-state index in [2.05, 4.69) is 36.2 Å². The van der Waals surface area contributed by atoms with Gasteiger partial charge in [-0.2, -0.15) is 5.26 Å². The Morgan fingerprint density at radius 1 is 1.53 bits per heavy atom. The lowest BCUT2D eigenvalue weighted by Gasteiger charge is -1.98. The fourth-order valence-electron chi connectivity index (χ4n) is 1.51. The molecular weight excluding hydrogens is 206 g/mol. The predicted octanol–water partition coefficient (Wildman–Crippen LogP) is 2.50. The number of aryl methyl sites for hydroxylation is 2. The van der Waals surface area contributed by atoms with Gasteiger partial charge in [-0.25, -0.2) is 4.98 Å². The molecule has 3 nitrogen and oxygen atoms in total. The van der Waals surface area contributed by atoms with Gasteiger partial charge in [-0.1, -0.05) is 17.8 Å². The number of hydrogen-bond donors (Lipinski definition) is 0. The van der Waals surface area contributed by atoms with E-state index in [-0.39, 0.29) is 0 Å². The summed E-state index contributed by atoms with van der Waals surface area (Å²) < 4.78 is 2.02. The van der Waals surface area contributed by atoms with Gasteiger partial charge in [0.05, 0.1) is 22.9 Å². The molecule has 76 valence electrons. The van der Waals surface area contributed by atoms with E-state index in [9.17, 15) is 0 Å². The number of fused-ring (bicyclic) bond motifs is 1. The maximum atomic E-state index is 8.53. The van der Waals surface area contributed by atoms with E-state index in [4.69, 9.17) is 5.26 Å². The van der Waals surface area contributed by atoms with Crippen LogP contribution in [0.2, 0.25) is 0 Å². The standard InChI is InChI=1S/C11H11N3S/c1-8-3-4-10-9(7-8)13-11(14(10)2)15-6-5-12/h3-4,7H,6H2,1-2H3. The second-order valence-electron chi connectivity index (χ2n) is 3.39. The first-order chi connectivity index (χ1) is 7.22. The average Bonchev–Trinajstić information content (AvgIpc) is 2.52. The van der Waals surface area contributed by atoms with Crippen LogP contribution in [0, 0.1) is 18.3 Å². The highest BCUT2D eigenvalue weighted by Gasteiger charge is 2.07. The number of nitriles is 1. The van der Waals surface area contributed by atoms with Gasteiger partial charge in [0.15, 0.2) is 5.16 Å². The smallest absolute Gasteiger partial charge is 0.169 e. The van der Waals surface area contributed by atoms with Crippen LogP contribution in [0.25, 0.3) is 11.0 Å². The van der Waals surface area contributed by atoms with Gasteiger partial charge < -0.3 is 4.57 Å². The minimum Gasteiger partial charge on any atom is -0.322 e. The first kappa shape index (κ1) is 10.1. The second-order valence-corrected chi connectivity index (χ2v) is 4.33. The molecule has 0 N–H and O–H groups in total. The molecule has 2 aromatic rings. The maximum absolute atomic E-state index is 8.53. The van der Waals surface area contributed by atoms with Gasteiger partial charge in [-0.3, -0.25) is 0 Å². The molecule has 1 aromatic carbocycles. The van der Waals surface area contributed by atoms with Crippen molar-refractivity contribution in [3.8, 4) is 6.07 Å². The number of imidazole rings is 1. The van der Waals surface area contributed by atoms with Crippen molar-refractivity contribution in [1.29, 1.82) is 5.26 Å². The first-order valence-electron chi connectivity index (χ1n) is 4.65. The Hall–Kier alpha value is -1.47. The van der Waals surface area contributed by atoms with Crippen LogP contribution in [0.15, 0.2) is 23.4 Å². The molecule has 1 heterocycles. The number of benzene rings is 1. The Kier molecular flexibility index (Phi) is 2.65. The third-order valence-electron chi connectivity index (χ3n) is 2.26. The summed E-state index contributed by atoms with van der Waals surface area (Å²) in [5.41, 5.74) is 3.32. The van der Waals surface area contributed by atoms with E-state index in [1.807, 2.05) is 11.6 Å². The summed E-state index contributed by atoms with van der Waals surface area (Å²) in [6.07, 6.45) is 0. The van der Waals surface area contributed by atoms with Gasteiger partial charge in [-0.05, 0) is 24.6 Å². The lowest BCUT2D eigenvalue weighted by molar-refractivity contribution is 0.816. The van der Waals surface area contributed by atoms with Gasteiger partial charge in [-0.15, -0.1) is 0 Å². The minimum atomic E-state index is 0.441. The SMILES string of the molecule is Cc1ccc2c(c1)nc(SCC#N)n2C. The zero-order valence-electron chi connectivity index (χ0n) is 8.69.